The van der Waals surface area contributed by atoms with Gasteiger partial charge in [-0.05, 0) is 24.1 Å². The second-order valence-corrected chi connectivity index (χ2v) is 3.42. The van der Waals surface area contributed by atoms with Crippen molar-refractivity contribution < 1.29 is 5.11 Å². The molecule has 1 N–H and O–H groups in total. The average molecular weight is 195 g/mol. The fourth-order valence-corrected chi connectivity index (χ4v) is 1.50. The maximum Gasteiger partial charge on any atom is 0.148 e. The Kier molecular flexibility index (Phi) is 3.82. The quantitative estimate of drug-likeness (QED) is 0.733. The summed E-state index contributed by atoms with van der Waals surface area (Å²) in [6, 6.07) is 5.59. The molecule has 1 rings (SSSR count). The third kappa shape index (κ3) is 2.49. The zero-order chi connectivity index (χ0) is 9.84. The van der Waals surface area contributed by atoms with Crippen LogP contribution in [0, 0.1) is 0 Å². The van der Waals surface area contributed by atoms with E-state index in [9.17, 15) is 5.11 Å². The van der Waals surface area contributed by atoms with Gasteiger partial charge in [0.1, 0.15) is 7.28 Å². The lowest BCUT2D eigenvalue weighted by atomic mass is 9.70. The van der Waals surface area contributed by atoms with Crippen LogP contribution in [0.5, 0.6) is 0 Å². The zero-order valence-electron chi connectivity index (χ0n) is 7.92. The van der Waals surface area contributed by atoms with Crippen LogP contribution in [0.15, 0.2) is 18.2 Å². The van der Waals surface area contributed by atoms with E-state index in [2.05, 4.69) is 0 Å². The van der Waals surface area contributed by atoms with Gasteiger partial charge in [0.2, 0.25) is 0 Å². The highest BCUT2D eigenvalue weighted by Crippen LogP contribution is 2.18. The van der Waals surface area contributed by atoms with Gasteiger partial charge in [0.05, 0.1) is 6.10 Å². The molecule has 0 aliphatic rings. The fourth-order valence-electron chi connectivity index (χ4n) is 1.32. The van der Waals surface area contributed by atoms with Crippen molar-refractivity contribution in [2.75, 3.05) is 0 Å². The van der Waals surface area contributed by atoms with E-state index >= 15 is 0 Å². The van der Waals surface area contributed by atoms with Crippen molar-refractivity contribution in [2.24, 2.45) is 0 Å². The van der Waals surface area contributed by atoms with Crippen LogP contribution in [0.25, 0.3) is 0 Å². The number of hydrogen-bond donors (Lipinski definition) is 1. The summed E-state index contributed by atoms with van der Waals surface area (Å²) in [5.74, 6) is 0. The van der Waals surface area contributed by atoms with Crippen molar-refractivity contribution in [3.05, 3.63) is 28.8 Å². The summed E-state index contributed by atoms with van der Waals surface area (Å²) in [5.41, 5.74) is 1.97. The summed E-state index contributed by atoms with van der Waals surface area (Å²) in [4.78, 5) is 0. The van der Waals surface area contributed by atoms with Gasteiger partial charge in [-0.15, -0.1) is 0 Å². The van der Waals surface area contributed by atoms with Gasteiger partial charge in [0.25, 0.3) is 0 Å². The molecule has 0 unspecified atom stereocenters. The van der Waals surface area contributed by atoms with Gasteiger partial charge < -0.3 is 5.11 Å². The average Bonchev–Trinajstić information content (AvgIpc) is 2.16. The Bertz CT molecular complexity index is 288. The highest BCUT2D eigenvalue weighted by molar-refractivity contribution is 6.52. The Morgan fingerprint density at radius 3 is 2.77 bits per heavy atom. The predicted molar refractivity (Wildman–Crippen MR) is 58.0 cm³/mol. The molecule has 0 heterocycles. The first-order chi connectivity index (χ1) is 6.19. The predicted octanol–water partition coefficient (Wildman–Crippen LogP) is 2.16. The first-order valence-electron chi connectivity index (χ1n) is 4.46. The normalized spacial score (nSPS) is 12.6. The van der Waals surface area contributed by atoms with Crippen LogP contribution in [-0.4, -0.2) is 12.4 Å². The number of benzene rings is 1. The van der Waals surface area contributed by atoms with Gasteiger partial charge >= 0.3 is 0 Å². The Balaban J connectivity index is 3.07. The van der Waals surface area contributed by atoms with E-state index < -0.39 is 6.10 Å². The largest absolute Gasteiger partial charge is 0.388 e. The molecule has 0 bridgehead atoms. The third-order valence-corrected chi connectivity index (χ3v) is 2.34. The van der Waals surface area contributed by atoms with Crippen molar-refractivity contribution in [3.8, 4) is 0 Å². The Morgan fingerprint density at radius 2 is 2.23 bits per heavy atom. The van der Waals surface area contributed by atoms with Gasteiger partial charge in [0.15, 0.2) is 0 Å². The van der Waals surface area contributed by atoms with Crippen molar-refractivity contribution in [2.45, 2.75) is 26.3 Å². The molecular weight excluding hydrogens is 182 g/mol. The Morgan fingerprint density at radius 1 is 1.54 bits per heavy atom. The maximum absolute atomic E-state index is 9.69. The number of aliphatic hydroxyl groups is 1. The molecule has 0 amide bonds. The van der Waals surface area contributed by atoms with E-state index in [0.717, 1.165) is 11.0 Å². The minimum absolute atomic E-state index is 0.412. The summed E-state index contributed by atoms with van der Waals surface area (Å²) in [7, 11) is 1.98. The third-order valence-electron chi connectivity index (χ3n) is 2.11. The first kappa shape index (κ1) is 10.6. The smallest absolute Gasteiger partial charge is 0.148 e. The summed E-state index contributed by atoms with van der Waals surface area (Å²) >= 11 is 5.85. The van der Waals surface area contributed by atoms with Crippen LogP contribution >= 0.6 is 11.6 Å². The van der Waals surface area contributed by atoms with Crippen LogP contribution in [-0.2, 0) is 0 Å². The van der Waals surface area contributed by atoms with Crippen molar-refractivity contribution in [3.63, 3.8) is 0 Å². The molecule has 13 heavy (non-hydrogen) atoms. The van der Waals surface area contributed by atoms with Crippen LogP contribution in [0.3, 0.4) is 0 Å². The molecule has 0 spiro atoms. The second kappa shape index (κ2) is 4.68. The number of aliphatic hydroxyl groups excluding tert-OH is 1. The molecule has 1 radical (unpaired) electrons. The number of halogens is 1. The number of hydrogen-bond acceptors (Lipinski definition) is 1. The van der Waals surface area contributed by atoms with Gasteiger partial charge in [-0.1, -0.05) is 36.9 Å². The van der Waals surface area contributed by atoms with E-state index in [1.54, 1.807) is 0 Å². The van der Waals surface area contributed by atoms with E-state index in [1.165, 1.54) is 0 Å². The van der Waals surface area contributed by atoms with E-state index in [0.29, 0.717) is 11.4 Å². The van der Waals surface area contributed by atoms with Crippen molar-refractivity contribution in [1.29, 1.82) is 0 Å². The summed E-state index contributed by atoms with van der Waals surface area (Å²) in [6.07, 6.45) is 0.297. The summed E-state index contributed by atoms with van der Waals surface area (Å²) < 4.78 is 0. The molecule has 69 valence electrons. The van der Waals surface area contributed by atoms with E-state index in [4.69, 9.17) is 11.6 Å². The first-order valence-corrected chi connectivity index (χ1v) is 4.83. The highest BCUT2D eigenvalue weighted by Gasteiger charge is 2.09. The lowest BCUT2D eigenvalue weighted by Crippen LogP contribution is -2.19. The second-order valence-electron chi connectivity index (χ2n) is 2.99. The van der Waals surface area contributed by atoms with Crippen LogP contribution < -0.4 is 5.46 Å². The molecule has 0 fully saturated rings. The monoisotopic (exact) mass is 195 g/mol. The maximum atomic E-state index is 9.69. The van der Waals surface area contributed by atoms with Crippen LogP contribution in [0.4, 0.5) is 0 Å². The summed E-state index contributed by atoms with van der Waals surface area (Å²) in [6.45, 7) is 3.90. The topological polar surface area (TPSA) is 20.2 Å². The molecule has 3 heteroatoms. The highest BCUT2D eigenvalue weighted by atomic mass is 35.5. The molecule has 0 saturated heterocycles. The minimum atomic E-state index is -0.412. The van der Waals surface area contributed by atoms with Crippen molar-refractivity contribution >= 4 is 24.3 Å². The lowest BCUT2D eigenvalue weighted by molar-refractivity contribution is 0.174. The molecule has 1 aromatic rings. The molecule has 1 nitrogen and oxygen atoms in total. The van der Waals surface area contributed by atoms with E-state index in [1.807, 2.05) is 39.2 Å². The van der Waals surface area contributed by atoms with Crippen LogP contribution in [0.1, 0.15) is 25.0 Å². The SMILES string of the molecule is C[B]c1ccc(Cl)cc1[C@H](O)CC. The standard InChI is InChI=1S/C10H13BClO/c1-3-10(13)8-6-7(12)4-5-9(8)11-2/h4-6,10,13H,3H2,1-2H3/t10-/m1/s1. The van der Waals surface area contributed by atoms with Gasteiger partial charge in [-0.2, -0.15) is 0 Å². The molecule has 1 atom stereocenters. The van der Waals surface area contributed by atoms with Gasteiger partial charge in [0, 0.05) is 5.02 Å². The number of rotatable bonds is 3. The van der Waals surface area contributed by atoms with Crippen LogP contribution in [0.2, 0.25) is 11.8 Å². The molecule has 1 aromatic carbocycles. The molecule has 0 saturated carbocycles. The van der Waals surface area contributed by atoms with Gasteiger partial charge in [-0.25, -0.2) is 0 Å². The Labute approximate surface area is 85.0 Å². The molecule has 0 aliphatic heterocycles. The molecule has 0 aliphatic carbocycles. The summed E-state index contributed by atoms with van der Waals surface area (Å²) in [5, 5.41) is 10.4. The molecular formula is C10H13BClO. The minimum Gasteiger partial charge on any atom is -0.388 e. The Hall–Kier alpha value is -0.465. The zero-order valence-corrected chi connectivity index (χ0v) is 8.67. The fraction of sp³-hybridized carbons (Fsp3) is 0.400. The lowest BCUT2D eigenvalue weighted by Gasteiger charge is -2.13. The van der Waals surface area contributed by atoms with E-state index in [-0.39, 0.29) is 0 Å². The molecule has 0 aromatic heterocycles. The van der Waals surface area contributed by atoms with Crippen molar-refractivity contribution in [1.82, 2.24) is 0 Å². The van der Waals surface area contributed by atoms with Gasteiger partial charge in [-0.3, -0.25) is 0 Å².